The third kappa shape index (κ3) is 6.92. The number of hydrogen-bond donors (Lipinski definition) is 3. The SMILES string of the molecule is N=C/C=N\NCCC(F)CO. The summed E-state index contributed by atoms with van der Waals surface area (Å²) in [5, 5.41) is 18.3. The third-order valence-corrected chi connectivity index (χ3v) is 1.01. The number of halogens is 1. The highest BCUT2D eigenvalue weighted by atomic mass is 19.1. The Kier molecular flexibility index (Phi) is 6.51. The van der Waals surface area contributed by atoms with Gasteiger partial charge in [0.15, 0.2) is 0 Å². The average molecular weight is 161 g/mol. The Morgan fingerprint density at radius 3 is 3.00 bits per heavy atom. The van der Waals surface area contributed by atoms with Gasteiger partial charge in [0.05, 0.1) is 12.8 Å². The molecule has 0 saturated carbocycles. The standard InChI is InChI=1S/C6H12FN3O/c7-6(5-11)1-3-9-10-4-2-8/h2,4,6,8-9,11H,1,3,5H2/b8-2?,10-4-. The van der Waals surface area contributed by atoms with E-state index in [4.69, 9.17) is 10.5 Å². The van der Waals surface area contributed by atoms with E-state index >= 15 is 0 Å². The Morgan fingerprint density at radius 1 is 1.73 bits per heavy atom. The molecular formula is C6H12FN3O. The molecule has 0 saturated heterocycles. The first-order valence-corrected chi connectivity index (χ1v) is 3.31. The molecular weight excluding hydrogens is 149 g/mol. The molecule has 4 nitrogen and oxygen atoms in total. The second-order valence-corrected chi connectivity index (χ2v) is 1.92. The number of nitrogens with one attached hydrogen (secondary N) is 2. The number of hydrazone groups is 1. The second kappa shape index (κ2) is 7.14. The molecule has 0 spiro atoms. The molecule has 0 aliphatic carbocycles. The van der Waals surface area contributed by atoms with Gasteiger partial charge < -0.3 is 15.9 Å². The van der Waals surface area contributed by atoms with Crippen molar-refractivity contribution in [1.29, 1.82) is 5.41 Å². The molecule has 5 heteroatoms. The summed E-state index contributed by atoms with van der Waals surface area (Å²) in [6.45, 7) is -0.0813. The first-order valence-electron chi connectivity index (χ1n) is 3.31. The van der Waals surface area contributed by atoms with Crippen molar-refractivity contribution >= 4 is 12.4 Å². The van der Waals surface area contributed by atoms with Gasteiger partial charge in [0.1, 0.15) is 6.17 Å². The lowest BCUT2D eigenvalue weighted by Crippen LogP contribution is -2.16. The lowest BCUT2D eigenvalue weighted by atomic mass is 10.3. The smallest absolute Gasteiger partial charge is 0.125 e. The van der Waals surface area contributed by atoms with Crippen molar-refractivity contribution in [2.45, 2.75) is 12.6 Å². The van der Waals surface area contributed by atoms with Gasteiger partial charge in [-0.1, -0.05) is 0 Å². The molecule has 1 unspecified atom stereocenters. The van der Waals surface area contributed by atoms with Crippen molar-refractivity contribution < 1.29 is 9.50 Å². The van der Waals surface area contributed by atoms with Crippen molar-refractivity contribution in [2.75, 3.05) is 13.2 Å². The van der Waals surface area contributed by atoms with Crippen molar-refractivity contribution in [3.05, 3.63) is 0 Å². The summed E-state index contributed by atoms with van der Waals surface area (Å²) in [5.41, 5.74) is 2.52. The van der Waals surface area contributed by atoms with Crippen LogP contribution in [-0.2, 0) is 0 Å². The predicted molar refractivity (Wildman–Crippen MR) is 41.9 cm³/mol. The zero-order valence-corrected chi connectivity index (χ0v) is 6.13. The van der Waals surface area contributed by atoms with Gasteiger partial charge in [-0.05, 0) is 6.42 Å². The number of nitrogens with zero attached hydrogens (tertiary/aromatic N) is 1. The van der Waals surface area contributed by atoms with Crippen LogP contribution in [0, 0.1) is 5.41 Å². The van der Waals surface area contributed by atoms with E-state index in [9.17, 15) is 4.39 Å². The van der Waals surface area contributed by atoms with Gasteiger partial charge in [-0.2, -0.15) is 5.10 Å². The first kappa shape index (κ1) is 10.0. The molecule has 0 amide bonds. The van der Waals surface area contributed by atoms with E-state index in [1.54, 1.807) is 0 Å². The number of aliphatic hydroxyl groups is 1. The highest BCUT2D eigenvalue weighted by Gasteiger charge is 2.01. The second-order valence-electron chi connectivity index (χ2n) is 1.92. The molecule has 0 bridgehead atoms. The zero-order valence-electron chi connectivity index (χ0n) is 6.13. The van der Waals surface area contributed by atoms with E-state index in [1.165, 1.54) is 6.21 Å². The Morgan fingerprint density at radius 2 is 2.45 bits per heavy atom. The summed E-state index contributed by atoms with van der Waals surface area (Å²) < 4.78 is 12.3. The zero-order chi connectivity index (χ0) is 8.53. The van der Waals surface area contributed by atoms with Crippen molar-refractivity contribution in [1.82, 2.24) is 5.43 Å². The van der Waals surface area contributed by atoms with E-state index in [0.717, 1.165) is 6.21 Å². The predicted octanol–water partition coefficient (Wildman–Crippen LogP) is -0.0681. The van der Waals surface area contributed by atoms with Crippen LogP contribution in [0.5, 0.6) is 0 Å². The first-order chi connectivity index (χ1) is 5.31. The van der Waals surface area contributed by atoms with Crippen LogP contribution >= 0.6 is 0 Å². The van der Waals surface area contributed by atoms with E-state index in [0.29, 0.717) is 6.54 Å². The van der Waals surface area contributed by atoms with Crippen molar-refractivity contribution in [3.63, 3.8) is 0 Å². The Hall–Kier alpha value is -0.970. The summed E-state index contributed by atoms with van der Waals surface area (Å²) >= 11 is 0. The molecule has 0 aliphatic heterocycles. The van der Waals surface area contributed by atoms with Crippen LogP contribution in [0.15, 0.2) is 5.10 Å². The molecule has 3 N–H and O–H groups in total. The van der Waals surface area contributed by atoms with Gasteiger partial charge >= 0.3 is 0 Å². The fourth-order valence-corrected chi connectivity index (χ4v) is 0.467. The Bertz CT molecular complexity index is 129. The normalized spacial score (nSPS) is 13.3. The topological polar surface area (TPSA) is 68.5 Å². The van der Waals surface area contributed by atoms with Crippen molar-refractivity contribution in [3.8, 4) is 0 Å². The maximum atomic E-state index is 12.3. The van der Waals surface area contributed by atoms with E-state index in [2.05, 4.69) is 10.5 Å². The van der Waals surface area contributed by atoms with Gasteiger partial charge in [-0.15, -0.1) is 0 Å². The van der Waals surface area contributed by atoms with Crippen LogP contribution in [-0.4, -0.2) is 36.9 Å². The van der Waals surface area contributed by atoms with Crippen LogP contribution in [0.25, 0.3) is 0 Å². The van der Waals surface area contributed by atoms with E-state index < -0.39 is 12.8 Å². The maximum Gasteiger partial charge on any atom is 0.125 e. The average Bonchev–Trinajstić information content (AvgIpc) is 2.04. The highest BCUT2D eigenvalue weighted by Crippen LogP contribution is 1.93. The summed E-state index contributed by atoms with van der Waals surface area (Å²) in [6.07, 6.45) is 1.32. The number of rotatable bonds is 6. The Balaban J connectivity index is 3.13. The maximum absolute atomic E-state index is 12.3. The third-order valence-electron chi connectivity index (χ3n) is 1.01. The van der Waals surface area contributed by atoms with Gasteiger partial charge in [-0.3, -0.25) is 0 Å². The minimum atomic E-state index is -1.18. The molecule has 0 aromatic carbocycles. The monoisotopic (exact) mass is 161 g/mol. The van der Waals surface area contributed by atoms with Crippen LogP contribution in [0.3, 0.4) is 0 Å². The lowest BCUT2D eigenvalue weighted by molar-refractivity contribution is 0.170. The molecule has 1 atom stereocenters. The van der Waals surface area contributed by atoms with Crippen molar-refractivity contribution in [2.24, 2.45) is 5.10 Å². The molecule has 64 valence electrons. The van der Waals surface area contributed by atoms with Gasteiger partial charge in [-0.25, -0.2) is 4.39 Å². The summed E-state index contributed by atoms with van der Waals surface area (Å²) in [6, 6.07) is 0. The van der Waals surface area contributed by atoms with Crippen LogP contribution in [0.2, 0.25) is 0 Å². The number of aliphatic hydroxyl groups excluding tert-OH is 1. The molecule has 11 heavy (non-hydrogen) atoms. The number of hydrogen-bond acceptors (Lipinski definition) is 4. The lowest BCUT2D eigenvalue weighted by Gasteiger charge is -2.02. The molecule has 0 aromatic rings. The molecule has 0 fully saturated rings. The molecule has 0 rings (SSSR count). The molecule has 0 heterocycles. The van der Waals surface area contributed by atoms with E-state index in [1.807, 2.05) is 0 Å². The molecule has 0 aromatic heterocycles. The summed E-state index contributed by atoms with van der Waals surface area (Å²) in [7, 11) is 0. The fraction of sp³-hybridized carbons (Fsp3) is 0.667. The van der Waals surface area contributed by atoms with Crippen LogP contribution in [0.1, 0.15) is 6.42 Å². The molecule has 0 aliphatic rings. The van der Waals surface area contributed by atoms with Gasteiger partial charge in [0, 0.05) is 12.8 Å². The summed E-state index contributed by atoms with van der Waals surface area (Å²) in [5.74, 6) is 0. The van der Waals surface area contributed by atoms with Gasteiger partial charge in [0.2, 0.25) is 0 Å². The van der Waals surface area contributed by atoms with Crippen LogP contribution < -0.4 is 5.43 Å². The molecule has 0 radical (unpaired) electrons. The minimum absolute atomic E-state index is 0.228. The van der Waals surface area contributed by atoms with Crippen LogP contribution in [0.4, 0.5) is 4.39 Å². The highest BCUT2D eigenvalue weighted by molar-refractivity contribution is 6.14. The largest absolute Gasteiger partial charge is 0.393 e. The quantitative estimate of drug-likeness (QED) is 0.290. The Labute approximate surface area is 64.6 Å². The van der Waals surface area contributed by atoms with Gasteiger partial charge in [0.25, 0.3) is 0 Å². The fourth-order valence-electron chi connectivity index (χ4n) is 0.467. The number of alkyl halides is 1. The minimum Gasteiger partial charge on any atom is -0.393 e. The van der Waals surface area contributed by atoms with E-state index in [-0.39, 0.29) is 6.42 Å². The summed E-state index contributed by atoms with van der Waals surface area (Å²) in [4.78, 5) is 0.